The van der Waals surface area contributed by atoms with Crippen molar-refractivity contribution < 1.29 is 9.90 Å². The van der Waals surface area contributed by atoms with E-state index in [2.05, 4.69) is 31.4 Å². The lowest BCUT2D eigenvalue weighted by Gasteiger charge is -2.05. The fourth-order valence-electron chi connectivity index (χ4n) is 2.17. The maximum absolute atomic E-state index is 11.9. The fraction of sp³-hybridized carbons (Fsp3) is 0. The number of hydrogen-bond donors (Lipinski definition) is 2. The van der Waals surface area contributed by atoms with Crippen molar-refractivity contribution >= 4 is 38.8 Å². The topological polar surface area (TPSA) is 74.6 Å². The molecule has 5 nitrogen and oxygen atoms in total. The molecule has 0 aliphatic rings. The summed E-state index contributed by atoms with van der Waals surface area (Å²) in [4.78, 5) is 15.8. The molecule has 0 aliphatic carbocycles. The third-order valence-electron chi connectivity index (χ3n) is 3.28. The number of aromatic hydroxyl groups is 1. The molecule has 2 N–H and O–H groups in total. The maximum Gasteiger partial charge on any atom is 0.272 e. The molecular formula is C17H12BrN3O2. The molecule has 0 fully saturated rings. The van der Waals surface area contributed by atoms with Gasteiger partial charge in [-0.05, 0) is 41.1 Å². The first-order chi connectivity index (χ1) is 11.1. The minimum absolute atomic E-state index is 0.0965. The fourth-order valence-corrected chi connectivity index (χ4v) is 2.54. The van der Waals surface area contributed by atoms with Gasteiger partial charge >= 0.3 is 0 Å². The zero-order valence-electron chi connectivity index (χ0n) is 11.9. The second-order valence-corrected chi connectivity index (χ2v) is 5.72. The summed E-state index contributed by atoms with van der Waals surface area (Å²) in [5.41, 5.74) is 3.38. The van der Waals surface area contributed by atoms with E-state index >= 15 is 0 Å². The van der Waals surface area contributed by atoms with Crippen LogP contribution in [0.1, 0.15) is 15.9 Å². The summed E-state index contributed by atoms with van der Waals surface area (Å²) in [6.07, 6.45) is 4.48. The molecule has 0 saturated heterocycles. The Hall–Kier alpha value is -2.73. The molecule has 1 heterocycles. The van der Waals surface area contributed by atoms with Gasteiger partial charge in [0, 0.05) is 22.4 Å². The Morgan fingerprint density at radius 3 is 2.91 bits per heavy atom. The number of nitrogens with one attached hydrogen (secondary N) is 1. The number of carbonyl (C=O) groups excluding carboxylic acids is 1. The van der Waals surface area contributed by atoms with Crippen molar-refractivity contribution in [1.29, 1.82) is 0 Å². The Kier molecular flexibility index (Phi) is 4.34. The van der Waals surface area contributed by atoms with Crippen molar-refractivity contribution in [2.75, 3.05) is 0 Å². The quantitative estimate of drug-likeness (QED) is 0.548. The van der Waals surface area contributed by atoms with E-state index in [4.69, 9.17) is 0 Å². The van der Waals surface area contributed by atoms with E-state index in [1.54, 1.807) is 24.4 Å². The zero-order valence-corrected chi connectivity index (χ0v) is 13.5. The van der Waals surface area contributed by atoms with Gasteiger partial charge < -0.3 is 5.11 Å². The summed E-state index contributed by atoms with van der Waals surface area (Å²) in [5, 5.41) is 15.8. The van der Waals surface area contributed by atoms with Crippen molar-refractivity contribution in [1.82, 2.24) is 10.4 Å². The van der Waals surface area contributed by atoms with Crippen molar-refractivity contribution in [3.05, 3.63) is 70.5 Å². The van der Waals surface area contributed by atoms with Crippen LogP contribution in [0.4, 0.5) is 0 Å². The minimum atomic E-state index is -0.364. The second kappa shape index (κ2) is 6.58. The Balaban J connectivity index is 1.86. The number of rotatable bonds is 3. The number of hydrazone groups is 1. The van der Waals surface area contributed by atoms with E-state index in [0.717, 1.165) is 15.2 Å². The highest BCUT2D eigenvalue weighted by molar-refractivity contribution is 9.10. The first kappa shape index (κ1) is 15.2. The highest BCUT2D eigenvalue weighted by Crippen LogP contribution is 2.27. The van der Waals surface area contributed by atoms with Crippen molar-refractivity contribution in [2.24, 2.45) is 5.10 Å². The van der Waals surface area contributed by atoms with Gasteiger partial charge in [-0.2, -0.15) is 5.10 Å². The largest absolute Gasteiger partial charge is 0.507 e. The first-order valence-corrected chi connectivity index (χ1v) is 7.59. The van der Waals surface area contributed by atoms with Crippen LogP contribution >= 0.6 is 15.9 Å². The molecule has 23 heavy (non-hydrogen) atoms. The zero-order chi connectivity index (χ0) is 16.2. The number of phenols is 1. The van der Waals surface area contributed by atoms with Crippen molar-refractivity contribution in [2.45, 2.75) is 0 Å². The first-order valence-electron chi connectivity index (χ1n) is 6.80. The lowest BCUT2D eigenvalue weighted by atomic mass is 10.0. The average Bonchev–Trinajstić information content (AvgIpc) is 2.57. The maximum atomic E-state index is 11.9. The molecule has 0 spiro atoms. The summed E-state index contributed by atoms with van der Waals surface area (Å²) in [5.74, 6) is -0.268. The Labute approximate surface area is 140 Å². The summed E-state index contributed by atoms with van der Waals surface area (Å²) in [6, 6.07) is 12.4. The van der Waals surface area contributed by atoms with Gasteiger partial charge in [0.15, 0.2) is 0 Å². The van der Waals surface area contributed by atoms with Gasteiger partial charge in [0.1, 0.15) is 5.75 Å². The number of amides is 1. The van der Waals surface area contributed by atoms with Gasteiger partial charge in [-0.1, -0.05) is 28.1 Å². The number of phenolic OH excluding ortho intramolecular Hbond substituents is 1. The number of pyridine rings is 1. The second-order valence-electron chi connectivity index (χ2n) is 4.80. The molecular weight excluding hydrogens is 358 g/mol. The normalized spacial score (nSPS) is 11.0. The van der Waals surface area contributed by atoms with Crippen LogP contribution in [0.3, 0.4) is 0 Å². The summed E-state index contributed by atoms with van der Waals surface area (Å²) < 4.78 is 0.948. The monoisotopic (exact) mass is 369 g/mol. The number of nitrogens with zero attached hydrogens (tertiary/aromatic N) is 2. The van der Waals surface area contributed by atoms with Crippen LogP contribution in [0.25, 0.3) is 10.8 Å². The van der Waals surface area contributed by atoms with E-state index in [1.807, 2.05) is 24.3 Å². The van der Waals surface area contributed by atoms with E-state index in [1.165, 1.54) is 12.4 Å². The molecule has 0 unspecified atom stereocenters. The van der Waals surface area contributed by atoms with Crippen LogP contribution in [0.5, 0.6) is 5.75 Å². The van der Waals surface area contributed by atoms with Crippen molar-refractivity contribution in [3.8, 4) is 5.75 Å². The highest BCUT2D eigenvalue weighted by Gasteiger charge is 2.06. The Morgan fingerprint density at radius 1 is 1.26 bits per heavy atom. The van der Waals surface area contributed by atoms with Gasteiger partial charge in [-0.15, -0.1) is 0 Å². The molecule has 1 aromatic heterocycles. The molecule has 0 aliphatic heterocycles. The van der Waals surface area contributed by atoms with E-state index in [0.29, 0.717) is 11.1 Å². The summed E-state index contributed by atoms with van der Waals surface area (Å²) >= 11 is 3.41. The lowest BCUT2D eigenvalue weighted by Crippen LogP contribution is -2.17. The van der Waals surface area contributed by atoms with Crippen LogP contribution in [0.15, 0.2) is 64.4 Å². The molecule has 0 atom stereocenters. The van der Waals surface area contributed by atoms with Gasteiger partial charge in [0.05, 0.1) is 11.8 Å². The van der Waals surface area contributed by atoms with Crippen LogP contribution in [0.2, 0.25) is 0 Å². The summed E-state index contributed by atoms with van der Waals surface area (Å²) in [6.45, 7) is 0. The minimum Gasteiger partial charge on any atom is -0.507 e. The molecule has 3 rings (SSSR count). The Bertz CT molecular complexity index is 895. The van der Waals surface area contributed by atoms with Gasteiger partial charge in [-0.25, -0.2) is 5.43 Å². The number of halogens is 1. The SMILES string of the molecule is O=C(N/N=C\c1c(O)ccc2cc(Br)ccc12)c1cccnc1. The number of carbonyl (C=O) groups is 1. The number of benzene rings is 2. The smallest absolute Gasteiger partial charge is 0.272 e. The molecule has 0 radical (unpaired) electrons. The predicted molar refractivity (Wildman–Crippen MR) is 92.6 cm³/mol. The van der Waals surface area contributed by atoms with E-state index < -0.39 is 0 Å². The van der Waals surface area contributed by atoms with Gasteiger partial charge in [-0.3, -0.25) is 9.78 Å². The van der Waals surface area contributed by atoms with Gasteiger partial charge in [0.25, 0.3) is 5.91 Å². The molecule has 3 aromatic rings. The number of hydrogen-bond acceptors (Lipinski definition) is 4. The third-order valence-corrected chi connectivity index (χ3v) is 3.78. The molecule has 0 saturated carbocycles. The lowest BCUT2D eigenvalue weighted by molar-refractivity contribution is 0.0954. The van der Waals surface area contributed by atoms with Crippen LogP contribution in [-0.4, -0.2) is 22.2 Å². The number of aromatic nitrogens is 1. The van der Waals surface area contributed by atoms with Crippen LogP contribution in [0, 0.1) is 0 Å². The molecule has 2 aromatic carbocycles. The average molecular weight is 370 g/mol. The standard InChI is InChI=1S/C17H12BrN3O2/c18-13-4-5-14-11(8-13)3-6-16(22)15(14)10-20-21-17(23)12-2-1-7-19-9-12/h1-10,22H,(H,21,23)/b20-10-. The molecule has 6 heteroatoms. The molecule has 114 valence electrons. The third kappa shape index (κ3) is 3.37. The highest BCUT2D eigenvalue weighted by atomic mass is 79.9. The summed E-state index contributed by atoms with van der Waals surface area (Å²) in [7, 11) is 0. The molecule has 1 amide bonds. The van der Waals surface area contributed by atoms with Gasteiger partial charge in [0.2, 0.25) is 0 Å². The van der Waals surface area contributed by atoms with E-state index in [9.17, 15) is 9.90 Å². The van der Waals surface area contributed by atoms with E-state index in [-0.39, 0.29) is 11.7 Å². The van der Waals surface area contributed by atoms with Crippen LogP contribution < -0.4 is 5.43 Å². The number of fused-ring (bicyclic) bond motifs is 1. The Morgan fingerprint density at radius 2 is 2.13 bits per heavy atom. The van der Waals surface area contributed by atoms with Crippen molar-refractivity contribution in [3.63, 3.8) is 0 Å². The van der Waals surface area contributed by atoms with Crippen LogP contribution in [-0.2, 0) is 0 Å². The molecule has 0 bridgehead atoms. The predicted octanol–water partition coefficient (Wildman–Crippen LogP) is 3.47.